The van der Waals surface area contributed by atoms with Gasteiger partial charge in [-0.15, -0.1) is 0 Å². The van der Waals surface area contributed by atoms with E-state index in [0.29, 0.717) is 5.69 Å². The minimum atomic E-state index is -0.873. The number of aliphatic carboxylic acids is 1. The largest absolute Gasteiger partial charge is 0.496 e. The van der Waals surface area contributed by atoms with Crippen LogP contribution in [0.25, 0.3) is 11.1 Å². The van der Waals surface area contributed by atoms with Crippen LogP contribution in [-0.2, 0) is 18.3 Å². The minimum absolute atomic E-state index is 0.0592. The summed E-state index contributed by atoms with van der Waals surface area (Å²) in [4.78, 5) is 11.0. The summed E-state index contributed by atoms with van der Waals surface area (Å²) < 4.78 is 7.65. The number of carboxylic acid groups (broad SMARTS) is 1. The summed E-state index contributed by atoms with van der Waals surface area (Å²) in [6.07, 6.45) is -0.0592. The van der Waals surface area contributed by atoms with Gasteiger partial charge in [0.15, 0.2) is 0 Å². The second-order valence-corrected chi connectivity index (χ2v) is 5.30. The van der Waals surface area contributed by atoms with Crippen molar-refractivity contribution in [2.75, 3.05) is 7.11 Å². The summed E-state index contributed by atoms with van der Waals surface area (Å²) in [6, 6.07) is 5.66. The van der Waals surface area contributed by atoms with Gasteiger partial charge in [-0.3, -0.25) is 9.48 Å². The summed E-state index contributed by atoms with van der Waals surface area (Å²) in [5, 5.41) is 13.4. The van der Waals surface area contributed by atoms with Gasteiger partial charge in [-0.05, 0) is 40.5 Å². The molecule has 0 spiro atoms. The zero-order chi connectivity index (χ0) is 14.9. The number of benzene rings is 1. The predicted octanol–water partition coefficient (Wildman–Crippen LogP) is 2.79. The van der Waals surface area contributed by atoms with Crippen molar-refractivity contribution in [1.82, 2.24) is 9.78 Å². The SMILES string of the molecule is COc1ccc(-c2c(C)nn(C)c2CC(=O)O)cc1Br. The molecule has 0 saturated carbocycles. The Bertz CT molecular complexity index is 665. The van der Waals surface area contributed by atoms with Crippen molar-refractivity contribution in [3.05, 3.63) is 34.1 Å². The number of hydrogen-bond acceptors (Lipinski definition) is 3. The first-order valence-electron chi connectivity index (χ1n) is 6.02. The van der Waals surface area contributed by atoms with E-state index < -0.39 is 5.97 Å². The molecule has 106 valence electrons. The van der Waals surface area contributed by atoms with E-state index in [1.165, 1.54) is 0 Å². The van der Waals surface area contributed by atoms with Gasteiger partial charge in [0.2, 0.25) is 0 Å². The molecular weight excluding hydrogens is 324 g/mol. The maximum atomic E-state index is 11.0. The first kappa shape index (κ1) is 14.6. The fourth-order valence-electron chi connectivity index (χ4n) is 2.25. The van der Waals surface area contributed by atoms with Crippen LogP contribution >= 0.6 is 15.9 Å². The van der Waals surface area contributed by atoms with E-state index in [4.69, 9.17) is 9.84 Å². The number of methoxy groups -OCH3 is 1. The fourth-order valence-corrected chi connectivity index (χ4v) is 2.79. The monoisotopic (exact) mass is 338 g/mol. The van der Waals surface area contributed by atoms with E-state index in [1.807, 2.05) is 25.1 Å². The topological polar surface area (TPSA) is 64.4 Å². The molecule has 20 heavy (non-hydrogen) atoms. The van der Waals surface area contributed by atoms with Crippen LogP contribution < -0.4 is 4.74 Å². The maximum absolute atomic E-state index is 11.0. The Hall–Kier alpha value is -1.82. The molecule has 0 aliphatic carbocycles. The highest BCUT2D eigenvalue weighted by atomic mass is 79.9. The molecule has 1 aromatic heterocycles. The molecule has 0 saturated heterocycles. The summed E-state index contributed by atoms with van der Waals surface area (Å²) in [5.74, 6) is -0.142. The zero-order valence-electron chi connectivity index (χ0n) is 11.5. The Morgan fingerprint density at radius 3 is 2.75 bits per heavy atom. The highest BCUT2D eigenvalue weighted by Crippen LogP contribution is 2.33. The fraction of sp³-hybridized carbons (Fsp3) is 0.286. The normalized spacial score (nSPS) is 10.6. The predicted molar refractivity (Wildman–Crippen MR) is 79.0 cm³/mol. The molecular formula is C14H15BrN2O3. The average molecular weight is 339 g/mol. The van der Waals surface area contributed by atoms with E-state index >= 15 is 0 Å². The number of carboxylic acids is 1. The molecule has 0 fully saturated rings. The number of halogens is 1. The number of hydrogen-bond donors (Lipinski definition) is 1. The molecule has 2 rings (SSSR count). The Morgan fingerprint density at radius 1 is 1.50 bits per heavy atom. The molecule has 0 aliphatic rings. The molecule has 5 nitrogen and oxygen atoms in total. The molecule has 1 heterocycles. The third-order valence-electron chi connectivity index (χ3n) is 3.10. The van der Waals surface area contributed by atoms with Gasteiger partial charge < -0.3 is 9.84 Å². The van der Waals surface area contributed by atoms with Crippen LogP contribution in [0.15, 0.2) is 22.7 Å². The number of carbonyl (C=O) groups is 1. The van der Waals surface area contributed by atoms with Crippen molar-refractivity contribution in [2.24, 2.45) is 7.05 Å². The van der Waals surface area contributed by atoms with Crippen LogP contribution in [0.3, 0.4) is 0 Å². The summed E-state index contributed by atoms with van der Waals surface area (Å²) in [5.41, 5.74) is 3.27. The van der Waals surface area contributed by atoms with Crippen molar-refractivity contribution < 1.29 is 14.6 Å². The molecule has 0 unspecified atom stereocenters. The Kier molecular flexibility index (Phi) is 4.13. The van der Waals surface area contributed by atoms with Crippen LogP contribution in [0.1, 0.15) is 11.4 Å². The molecule has 6 heteroatoms. The zero-order valence-corrected chi connectivity index (χ0v) is 13.1. The lowest BCUT2D eigenvalue weighted by Crippen LogP contribution is -2.07. The third-order valence-corrected chi connectivity index (χ3v) is 3.72. The number of ether oxygens (including phenoxy) is 1. The van der Waals surface area contributed by atoms with Crippen molar-refractivity contribution in [1.29, 1.82) is 0 Å². The van der Waals surface area contributed by atoms with Gasteiger partial charge in [0.1, 0.15) is 5.75 Å². The second-order valence-electron chi connectivity index (χ2n) is 4.45. The second kappa shape index (κ2) is 5.66. The van der Waals surface area contributed by atoms with Gasteiger partial charge in [-0.25, -0.2) is 0 Å². The minimum Gasteiger partial charge on any atom is -0.496 e. The lowest BCUT2D eigenvalue weighted by atomic mass is 10.0. The van der Waals surface area contributed by atoms with Crippen LogP contribution in [0, 0.1) is 6.92 Å². The molecule has 0 amide bonds. The lowest BCUT2D eigenvalue weighted by Gasteiger charge is -2.08. The van der Waals surface area contributed by atoms with E-state index in [-0.39, 0.29) is 6.42 Å². The Morgan fingerprint density at radius 2 is 2.20 bits per heavy atom. The Balaban J connectivity index is 2.57. The quantitative estimate of drug-likeness (QED) is 0.930. The number of nitrogens with zero attached hydrogens (tertiary/aromatic N) is 2. The first-order valence-corrected chi connectivity index (χ1v) is 6.81. The standard InChI is InChI=1S/C14H15BrN2O3/c1-8-14(11(7-13(18)19)17(2)16-8)9-4-5-12(20-3)10(15)6-9/h4-6H,7H2,1-3H3,(H,18,19). The molecule has 0 aliphatic heterocycles. The van der Waals surface area contributed by atoms with Gasteiger partial charge in [-0.2, -0.15) is 5.10 Å². The van der Waals surface area contributed by atoms with Crippen molar-refractivity contribution in [3.8, 4) is 16.9 Å². The smallest absolute Gasteiger partial charge is 0.309 e. The molecule has 0 bridgehead atoms. The molecule has 2 aromatic rings. The molecule has 1 aromatic carbocycles. The van der Waals surface area contributed by atoms with Gasteiger partial charge >= 0.3 is 5.97 Å². The van der Waals surface area contributed by atoms with Crippen LogP contribution in [0.5, 0.6) is 5.75 Å². The number of aryl methyl sites for hydroxylation is 2. The van der Waals surface area contributed by atoms with Gasteiger partial charge in [-0.1, -0.05) is 6.07 Å². The number of rotatable bonds is 4. The Labute approximate surface area is 125 Å². The van der Waals surface area contributed by atoms with Gasteiger partial charge in [0, 0.05) is 12.6 Å². The summed E-state index contributed by atoms with van der Waals surface area (Å²) in [6.45, 7) is 1.87. The maximum Gasteiger partial charge on any atom is 0.309 e. The van der Waals surface area contributed by atoms with Crippen molar-refractivity contribution in [2.45, 2.75) is 13.3 Å². The molecule has 0 atom stereocenters. The molecule has 0 radical (unpaired) electrons. The highest BCUT2D eigenvalue weighted by molar-refractivity contribution is 9.10. The van der Waals surface area contributed by atoms with Crippen LogP contribution in [0.4, 0.5) is 0 Å². The number of aromatic nitrogens is 2. The first-order chi connectivity index (χ1) is 9.43. The van der Waals surface area contributed by atoms with Crippen LogP contribution in [-0.4, -0.2) is 28.0 Å². The molecule has 1 N–H and O–H groups in total. The van der Waals surface area contributed by atoms with E-state index in [0.717, 1.165) is 27.0 Å². The highest BCUT2D eigenvalue weighted by Gasteiger charge is 2.18. The summed E-state index contributed by atoms with van der Waals surface area (Å²) in [7, 11) is 3.36. The third kappa shape index (κ3) is 2.70. The van der Waals surface area contributed by atoms with Crippen LogP contribution in [0.2, 0.25) is 0 Å². The van der Waals surface area contributed by atoms with E-state index in [9.17, 15) is 4.79 Å². The average Bonchev–Trinajstić information content (AvgIpc) is 2.63. The van der Waals surface area contributed by atoms with Gasteiger partial charge in [0.25, 0.3) is 0 Å². The summed E-state index contributed by atoms with van der Waals surface area (Å²) >= 11 is 3.44. The lowest BCUT2D eigenvalue weighted by molar-refractivity contribution is -0.136. The van der Waals surface area contributed by atoms with Crippen molar-refractivity contribution >= 4 is 21.9 Å². The van der Waals surface area contributed by atoms with E-state index in [1.54, 1.807) is 18.8 Å². The van der Waals surface area contributed by atoms with Gasteiger partial charge in [0.05, 0.1) is 29.4 Å². The van der Waals surface area contributed by atoms with Crippen molar-refractivity contribution in [3.63, 3.8) is 0 Å². The van der Waals surface area contributed by atoms with E-state index in [2.05, 4.69) is 21.0 Å².